The summed E-state index contributed by atoms with van der Waals surface area (Å²) < 4.78 is 25.8. The molecule has 4 nitrogen and oxygen atoms in total. The SMILES string of the molecule is Clc1ccc([C@@H]2O[C@H](COCc3ccccc3)[C@@H](OCc3ccccc3)[C@H]2OCc2ccccc2)cc1. The van der Waals surface area contributed by atoms with Crippen LogP contribution < -0.4 is 0 Å². The molecule has 0 unspecified atom stereocenters. The van der Waals surface area contributed by atoms with Gasteiger partial charge in [0.2, 0.25) is 0 Å². The Morgan fingerprint density at radius 3 is 1.59 bits per heavy atom. The van der Waals surface area contributed by atoms with E-state index in [9.17, 15) is 0 Å². The first-order valence-electron chi connectivity index (χ1n) is 12.6. The molecule has 1 saturated heterocycles. The third kappa shape index (κ3) is 7.07. The Bertz CT molecular complexity index is 1200. The highest BCUT2D eigenvalue weighted by molar-refractivity contribution is 6.30. The van der Waals surface area contributed by atoms with Gasteiger partial charge in [-0.25, -0.2) is 0 Å². The van der Waals surface area contributed by atoms with E-state index in [1.807, 2.05) is 78.9 Å². The second-order valence-corrected chi connectivity index (χ2v) is 9.61. The van der Waals surface area contributed by atoms with Crippen LogP contribution in [0.1, 0.15) is 28.4 Å². The summed E-state index contributed by atoms with van der Waals surface area (Å²) in [4.78, 5) is 0. The van der Waals surface area contributed by atoms with Crippen LogP contribution in [0.5, 0.6) is 0 Å². The van der Waals surface area contributed by atoms with Crippen molar-refractivity contribution in [1.82, 2.24) is 0 Å². The smallest absolute Gasteiger partial charge is 0.117 e. The molecule has 0 aliphatic carbocycles. The summed E-state index contributed by atoms with van der Waals surface area (Å²) >= 11 is 6.18. The number of ether oxygens (including phenoxy) is 4. The van der Waals surface area contributed by atoms with E-state index in [0.717, 1.165) is 22.3 Å². The lowest BCUT2D eigenvalue weighted by atomic mass is 10.0. The lowest BCUT2D eigenvalue weighted by molar-refractivity contribution is -0.0898. The molecule has 0 aromatic heterocycles. The zero-order valence-electron chi connectivity index (χ0n) is 20.6. The highest BCUT2D eigenvalue weighted by Gasteiger charge is 2.47. The minimum Gasteiger partial charge on any atom is -0.374 e. The van der Waals surface area contributed by atoms with Gasteiger partial charge in [0.15, 0.2) is 0 Å². The summed E-state index contributed by atoms with van der Waals surface area (Å²) in [6.45, 7) is 1.82. The molecule has 0 amide bonds. The molecular formula is C32H31ClO4. The van der Waals surface area contributed by atoms with Crippen LogP contribution in [0.15, 0.2) is 115 Å². The van der Waals surface area contributed by atoms with E-state index in [1.165, 1.54) is 0 Å². The third-order valence-corrected chi connectivity index (χ3v) is 6.72. The fourth-order valence-electron chi connectivity index (χ4n) is 4.57. The normalized spacial score (nSPS) is 21.2. The largest absolute Gasteiger partial charge is 0.374 e. The van der Waals surface area contributed by atoms with Gasteiger partial charge in [0.1, 0.15) is 24.4 Å². The molecule has 0 saturated carbocycles. The van der Waals surface area contributed by atoms with E-state index in [4.69, 9.17) is 30.5 Å². The van der Waals surface area contributed by atoms with Crippen molar-refractivity contribution in [2.24, 2.45) is 0 Å². The second-order valence-electron chi connectivity index (χ2n) is 9.17. The van der Waals surface area contributed by atoms with Crippen molar-refractivity contribution in [3.05, 3.63) is 143 Å². The van der Waals surface area contributed by atoms with Crippen LogP contribution >= 0.6 is 11.6 Å². The lowest BCUT2D eigenvalue weighted by Gasteiger charge is -2.25. The van der Waals surface area contributed by atoms with Crippen LogP contribution in [0, 0.1) is 0 Å². The summed E-state index contributed by atoms with van der Waals surface area (Å²) in [5.74, 6) is 0. The van der Waals surface area contributed by atoms with Crippen molar-refractivity contribution in [3.63, 3.8) is 0 Å². The molecule has 4 aromatic rings. The lowest BCUT2D eigenvalue weighted by Crippen LogP contribution is -2.37. The molecule has 4 aromatic carbocycles. The molecular weight excluding hydrogens is 484 g/mol. The number of halogens is 1. The molecule has 5 heteroatoms. The van der Waals surface area contributed by atoms with E-state index >= 15 is 0 Å². The fourth-order valence-corrected chi connectivity index (χ4v) is 4.69. The van der Waals surface area contributed by atoms with Gasteiger partial charge in [-0.05, 0) is 34.4 Å². The van der Waals surface area contributed by atoms with Crippen molar-refractivity contribution in [2.75, 3.05) is 6.61 Å². The highest BCUT2D eigenvalue weighted by atomic mass is 35.5. The van der Waals surface area contributed by atoms with E-state index in [-0.39, 0.29) is 24.4 Å². The Balaban J connectivity index is 1.37. The molecule has 190 valence electrons. The van der Waals surface area contributed by atoms with E-state index in [0.29, 0.717) is 31.5 Å². The van der Waals surface area contributed by atoms with Crippen LogP contribution in [0.3, 0.4) is 0 Å². The summed E-state index contributed by atoms with van der Waals surface area (Å²) in [5.41, 5.74) is 4.32. The molecule has 0 bridgehead atoms. The zero-order valence-corrected chi connectivity index (χ0v) is 21.4. The minimum absolute atomic E-state index is 0.297. The van der Waals surface area contributed by atoms with Gasteiger partial charge >= 0.3 is 0 Å². The zero-order chi connectivity index (χ0) is 25.3. The van der Waals surface area contributed by atoms with E-state index in [2.05, 4.69) is 36.4 Å². The van der Waals surface area contributed by atoms with Gasteiger partial charge in [0.25, 0.3) is 0 Å². The van der Waals surface area contributed by atoms with Crippen LogP contribution in [0.2, 0.25) is 5.02 Å². The van der Waals surface area contributed by atoms with Crippen LogP contribution in [0.25, 0.3) is 0 Å². The maximum absolute atomic E-state index is 6.61. The average molecular weight is 515 g/mol. The van der Waals surface area contributed by atoms with Crippen LogP contribution in [-0.2, 0) is 38.8 Å². The molecule has 37 heavy (non-hydrogen) atoms. The Hall–Kier alpha value is -2.99. The maximum atomic E-state index is 6.61. The van der Waals surface area contributed by atoms with Crippen LogP contribution in [0.4, 0.5) is 0 Å². The summed E-state index contributed by atoms with van der Waals surface area (Å²) in [6.07, 6.45) is -1.25. The second kappa shape index (κ2) is 13.0. The first-order valence-corrected chi connectivity index (χ1v) is 13.0. The monoisotopic (exact) mass is 514 g/mol. The molecule has 0 N–H and O–H groups in total. The van der Waals surface area contributed by atoms with Crippen LogP contribution in [-0.4, -0.2) is 24.9 Å². The summed E-state index contributed by atoms with van der Waals surface area (Å²) in [6, 6.07) is 38.2. The van der Waals surface area contributed by atoms with Crippen molar-refractivity contribution in [2.45, 2.75) is 44.2 Å². The molecule has 0 spiro atoms. The van der Waals surface area contributed by atoms with Crippen molar-refractivity contribution in [3.8, 4) is 0 Å². The van der Waals surface area contributed by atoms with E-state index in [1.54, 1.807) is 0 Å². The van der Waals surface area contributed by atoms with Gasteiger partial charge in [-0.1, -0.05) is 115 Å². The van der Waals surface area contributed by atoms with Crippen molar-refractivity contribution in [1.29, 1.82) is 0 Å². The first-order chi connectivity index (χ1) is 18.3. The quantitative estimate of drug-likeness (QED) is 0.213. The predicted molar refractivity (Wildman–Crippen MR) is 145 cm³/mol. The molecule has 1 heterocycles. The Labute approximate surface area is 223 Å². The topological polar surface area (TPSA) is 36.9 Å². The third-order valence-electron chi connectivity index (χ3n) is 6.47. The first kappa shape index (κ1) is 25.7. The van der Waals surface area contributed by atoms with Crippen molar-refractivity contribution >= 4 is 11.6 Å². The van der Waals surface area contributed by atoms with Crippen molar-refractivity contribution < 1.29 is 18.9 Å². The maximum Gasteiger partial charge on any atom is 0.117 e. The van der Waals surface area contributed by atoms with Gasteiger partial charge in [-0.3, -0.25) is 0 Å². The predicted octanol–water partition coefficient (Wildman–Crippen LogP) is 7.17. The minimum atomic E-state index is -0.324. The number of hydrogen-bond acceptors (Lipinski definition) is 4. The Kier molecular flexibility index (Phi) is 9.01. The standard InChI is InChI=1S/C32H31ClO4/c33-28-18-16-27(17-19-28)30-32(36-22-26-14-8-3-9-15-26)31(35-21-25-12-6-2-7-13-25)29(37-30)23-34-20-24-10-4-1-5-11-24/h1-19,29-32H,20-23H2/t29-,30+,31-,32+/m1/s1. The molecule has 0 radical (unpaired) electrons. The summed E-state index contributed by atoms with van der Waals surface area (Å²) in [5, 5.41) is 0.683. The average Bonchev–Trinajstić information content (AvgIpc) is 3.30. The highest BCUT2D eigenvalue weighted by Crippen LogP contribution is 2.39. The van der Waals surface area contributed by atoms with Gasteiger partial charge in [-0.2, -0.15) is 0 Å². The van der Waals surface area contributed by atoms with Gasteiger partial charge in [0.05, 0.1) is 26.4 Å². The molecule has 5 rings (SSSR count). The van der Waals surface area contributed by atoms with Gasteiger partial charge < -0.3 is 18.9 Å². The summed E-state index contributed by atoms with van der Waals surface area (Å²) in [7, 11) is 0. The molecule has 1 aliphatic heterocycles. The molecule has 1 fully saturated rings. The number of benzene rings is 4. The number of rotatable bonds is 11. The molecule has 1 aliphatic rings. The Morgan fingerprint density at radius 2 is 1.05 bits per heavy atom. The van der Waals surface area contributed by atoms with E-state index < -0.39 is 0 Å². The van der Waals surface area contributed by atoms with Gasteiger partial charge in [0, 0.05) is 5.02 Å². The molecule has 4 atom stereocenters. The fraction of sp³-hybridized carbons (Fsp3) is 0.250. The van der Waals surface area contributed by atoms with Gasteiger partial charge in [-0.15, -0.1) is 0 Å². The number of hydrogen-bond donors (Lipinski definition) is 0. The Morgan fingerprint density at radius 1 is 0.568 bits per heavy atom.